The Morgan fingerprint density at radius 1 is 2.00 bits per heavy atom. The molecule has 2 heteroatoms. The van der Waals surface area contributed by atoms with Crippen LogP contribution in [-0.2, 0) is 23.3 Å². The van der Waals surface area contributed by atoms with Crippen LogP contribution in [0.25, 0.3) is 0 Å². The van der Waals surface area contributed by atoms with Crippen LogP contribution in [0.15, 0.2) is 12.2 Å². The molecule has 0 aliphatic rings. The molecule has 0 fully saturated rings. The van der Waals surface area contributed by atoms with Crippen molar-refractivity contribution in [2.24, 2.45) is 0 Å². The Balaban J connectivity index is 2.83. The molecule has 0 aliphatic carbocycles. The molecule has 0 radical (unpaired) electrons. The first kappa shape index (κ1) is 6.97. The summed E-state index contributed by atoms with van der Waals surface area (Å²) in [5, 5.41) is 0. The molecular weight excluding hydrogens is 284 g/mol. The van der Waals surface area contributed by atoms with E-state index in [4.69, 9.17) is 8.25 Å². The van der Waals surface area contributed by atoms with E-state index in [9.17, 15) is 0 Å². The van der Waals surface area contributed by atoms with Gasteiger partial charge in [0.25, 0.3) is 0 Å². The molecule has 0 bridgehead atoms. The summed E-state index contributed by atoms with van der Waals surface area (Å²) in [5.41, 5.74) is 1.26. The van der Waals surface area contributed by atoms with Gasteiger partial charge in [0.1, 0.15) is 0 Å². The van der Waals surface area contributed by atoms with Gasteiger partial charge in [-0.15, -0.1) is 0 Å². The van der Waals surface area contributed by atoms with E-state index < -0.39 is 23.3 Å². The van der Waals surface area contributed by atoms with Crippen LogP contribution in [0.1, 0.15) is 6.92 Å². The SMILES string of the molecule is C=C(C)[CH2][Hg][Cl]. The zero-order chi connectivity index (χ0) is 4.99. The predicted molar refractivity (Wildman–Crippen MR) is 25.5 cm³/mol. The van der Waals surface area contributed by atoms with Gasteiger partial charge in [-0.3, -0.25) is 0 Å². The second-order valence-electron chi connectivity index (χ2n) is 1.40. The van der Waals surface area contributed by atoms with E-state index in [-0.39, 0.29) is 0 Å². The molecule has 0 N–H and O–H groups in total. The summed E-state index contributed by atoms with van der Waals surface area (Å²) in [5.74, 6) is 0. The number of allylic oxidation sites excluding steroid dienone is 1. The Hall–Kier alpha value is 0.965. The minimum atomic E-state index is -0.840. The average Bonchev–Trinajstić information content (AvgIpc) is 1.35. The van der Waals surface area contributed by atoms with Crippen molar-refractivity contribution in [1.29, 1.82) is 0 Å². The van der Waals surface area contributed by atoms with E-state index in [1.54, 1.807) is 0 Å². The van der Waals surface area contributed by atoms with Gasteiger partial charge in [-0.05, 0) is 0 Å². The summed E-state index contributed by atoms with van der Waals surface area (Å²) in [6.45, 7) is 5.75. The van der Waals surface area contributed by atoms with E-state index in [0.717, 1.165) is 0 Å². The monoisotopic (exact) mass is 292 g/mol. The Kier molecular flexibility index (Phi) is 4.80. The Labute approximate surface area is 54.4 Å². The molecule has 32 valence electrons. The van der Waals surface area contributed by atoms with Crippen LogP contribution >= 0.6 is 8.25 Å². The molecule has 0 aliphatic heterocycles. The van der Waals surface area contributed by atoms with Crippen molar-refractivity contribution < 1.29 is 23.3 Å². The summed E-state index contributed by atoms with van der Waals surface area (Å²) in [7, 11) is 5.56. The van der Waals surface area contributed by atoms with Crippen LogP contribution in [0.5, 0.6) is 0 Å². The van der Waals surface area contributed by atoms with Crippen LogP contribution in [0.4, 0.5) is 0 Å². The van der Waals surface area contributed by atoms with Gasteiger partial charge in [0, 0.05) is 0 Å². The van der Waals surface area contributed by atoms with Crippen LogP contribution in [-0.4, -0.2) is 0 Å². The predicted octanol–water partition coefficient (Wildman–Crippen LogP) is 2.22. The number of halogens is 1. The first-order valence-corrected chi connectivity index (χ1v) is 12.6. The molecule has 0 saturated carbocycles. The molecule has 0 unspecified atom stereocenters. The Bertz CT molecular complexity index is 51.5. The second kappa shape index (κ2) is 4.13. The quantitative estimate of drug-likeness (QED) is 0.540. The molecule has 0 rings (SSSR count). The van der Waals surface area contributed by atoms with Crippen molar-refractivity contribution in [1.82, 2.24) is 0 Å². The molecule has 0 amide bonds. The number of hydrogen-bond acceptors (Lipinski definition) is 0. The van der Waals surface area contributed by atoms with Gasteiger partial charge in [0.15, 0.2) is 0 Å². The van der Waals surface area contributed by atoms with Crippen molar-refractivity contribution in [2.45, 2.75) is 10.9 Å². The third-order valence-electron chi connectivity index (χ3n) is 0.521. The van der Waals surface area contributed by atoms with E-state index in [2.05, 4.69) is 6.58 Å². The average molecular weight is 291 g/mol. The van der Waals surface area contributed by atoms with Crippen LogP contribution in [0.2, 0.25) is 3.93 Å². The van der Waals surface area contributed by atoms with Crippen LogP contribution in [0, 0.1) is 0 Å². The zero-order valence-corrected chi connectivity index (χ0v) is 10.3. The molecule has 0 nitrogen and oxygen atoms in total. The Morgan fingerprint density at radius 2 is 2.50 bits per heavy atom. The first-order valence-electron chi connectivity index (χ1n) is 1.97. The van der Waals surface area contributed by atoms with Gasteiger partial charge in [0.05, 0.1) is 0 Å². The van der Waals surface area contributed by atoms with E-state index in [1.807, 2.05) is 6.92 Å². The van der Waals surface area contributed by atoms with Crippen molar-refractivity contribution in [3.8, 4) is 0 Å². The summed E-state index contributed by atoms with van der Waals surface area (Å²) in [6.07, 6.45) is 0. The fourth-order valence-electron chi connectivity index (χ4n) is 0.161. The first-order chi connectivity index (χ1) is 2.77. The second-order valence-corrected chi connectivity index (χ2v) is 8.13. The summed E-state index contributed by atoms with van der Waals surface area (Å²) >= 11 is -0.840. The van der Waals surface area contributed by atoms with E-state index in [0.29, 0.717) is 0 Å². The maximum atomic E-state index is 5.56. The van der Waals surface area contributed by atoms with Crippen LogP contribution in [0.3, 0.4) is 0 Å². The minimum absolute atomic E-state index is 0.840. The molecule has 0 spiro atoms. The zero-order valence-electron chi connectivity index (χ0n) is 4.00. The van der Waals surface area contributed by atoms with Gasteiger partial charge in [-0.1, -0.05) is 0 Å². The van der Waals surface area contributed by atoms with Crippen molar-refractivity contribution in [2.75, 3.05) is 0 Å². The molecule has 6 heavy (non-hydrogen) atoms. The third kappa shape index (κ3) is 4.97. The van der Waals surface area contributed by atoms with Gasteiger partial charge in [0.2, 0.25) is 0 Å². The molecule has 0 aromatic heterocycles. The van der Waals surface area contributed by atoms with E-state index in [1.165, 1.54) is 9.50 Å². The standard InChI is InChI=1S/C4H7.ClH.Hg/c1-4(2)3;;/h1-2H2,3H3;1H;/q;;+1/p-1. The molecule has 0 aromatic rings. The fraction of sp³-hybridized carbons (Fsp3) is 0.500. The summed E-state index contributed by atoms with van der Waals surface area (Å²) in [6, 6.07) is 0. The number of hydrogen-bond donors (Lipinski definition) is 0. The van der Waals surface area contributed by atoms with Crippen LogP contribution < -0.4 is 0 Å². The Morgan fingerprint density at radius 3 is 2.50 bits per heavy atom. The van der Waals surface area contributed by atoms with Crippen molar-refractivity contribution in [3.63, 3.8) is 0 Å². The molecule has 0 saturated heterocycles. The topological polar surface area (TPSA) is 0 Å². The van der Waals surface area contributed by atoms with Gasteiger partial charge >= 0.3 is 54.6 Å². The van der Waals surface area contributed by atoms with Crippen molar-refractivity contribution >= 4 is 8.25 Å². The normalized spacial score (nSPS) is 7.00. The van der Waals surface area contributed by atoms with Gasteiger partial charge in [-0.25, -0.2) is 0 Å². The van der Waals surface area contributed by atoms with Crippen molar-refractivity contribution in [3.05, 3.63) is 12.2 Å². The van der Waals surface area contributed by atoms with Gasteiger partial charge < -0.3 is 0 Å². The van der Waals surface area contributed by atoms with E-state index >= 15 is 0 Å². The molecule has 0 atom stereocenters. The molecule has 0 heterocycles. The summed E-state index contributed by atoms with van der Waals surface area (Å²) < 4.78 is 1.17. The maximum absolute atomic E-state index is 5.56. The molecule has 0 aromatic carbocycles. The third-order valence-corrected chi connectivity index (χ3v) is 6.23. The molecular formula is C4H7ClHg. The summed E-state index contributed by atoms with van der Waals surface area (Å²) in [4.78, 5) is 0. The fourth-order valence-corrected chi connectivity index (χ4v) is 4.25. The number of rotatable bonds is 2. The van der Waals surface area contributed by atoms with Gasteiger partial charge in [-0.2, -0.15) is 0 Å².